The normalized spacial score (nSPS) is 11.9. The number of hydrogen-bond acceptors (Lipinski definition) is 4. The molecule has 2 aromatic carbocycles. The van der Waals surface area contributed by atoms with Gasteiger partial charge in [0, 0.05) is 11.4 Å². The largest absolute Gasteiger partial charge is 0.485 e. The van der Waals surface area contributed by atoms with Crippen molar-refractivity contribution in [2.45, 2.75) is 65.9 Å². The van der Waals surface area contributed by atoms with Crippen molar-refractivity contribution in [3.63, 3.8) is 0 Å². The number of amides is 1. The lowest BCUT2D eigenvalue weighted by atomic mass is 9.93. The number of benzene rings is 2. The molecule has 5 nitrogen and oxygen atoms in total. The maximum Gasteiger partial charge on any atom is 0.305 e. The van der Waals surface area contributed by atoms with E-state index in [1.165, 1.54) is 28.0 Å². The molecular formula is C29H35NO4S. The third kappa shape index (κ3) is 6.95. The Balaban J connectivity index is 1.77. The Morgan fingerprint density at radius 3 is 2.26 bits per heavy atom. The van der Waals surface area contributed by atoms with Gasteiger partial charge in [0.1, 0.15) is 11.9 Å². The zero-order valence-electron chi connectivity index (χ0n) is 21.2. The van der Waals surface area contributed by atoms with Crippen molar-refractivity contribution in [1.29, 1.82) is 0 Å². The number of nitrogens with one attached hydrogen (secondary N) is 1. The zero-order valence-corrected chi connectivity index (χ0v) is 22.0. The predicted molar refractivity (Wildman–Crippen MR) is 143 cm³/mol. The van der Waals surface area contributed by atoms with Gasteiger partial charge in [0.2, 0.25) is 0 Å². The highest BCUT2D eigenvalue weighted by Crippen LogP contribution is 2.36. The number of aryl methyl sites for hydroxylation is 2. The van der Waals surface area contributed by atoms with Crippen LogP contribution in [-0.2, 0) is 4.79 Å². The van der Waals surface area contributed by atoms with E-state index < -0.39 is 5.97 Å². The van der Waals surface area contributed by atoms with Gasteiger partial charge < -0.3 is 15.2 Å². The quantitative estimate of drug-likeness (QED) is 0.294. The molecule has 0 spiro atoms. The Morgan fingerprint density at radius 2 is 1.69 bits per heavy atom. The molecular weight excluding hydrogens is 458 g/mol. The summed E-state index contributed by atoms with van der Waals surface area (Å²) in [6.45, 7) is 10.9. The van der Waals surface area contributed by atoms with Gasteiger partial charge >= 0.3 is 5.97 Å². The Hall–Kier alpha value is -3.12. The first-order valence-electron chi connectivity index (χ1n) is 12.2. The monoisotopic (exact) mass is 493 g/mol. The maximum absolute atomic E-state index is 12.4. The zero-order chi connectivity index (χ0) is 25.5. The van der Waals surface area contributed by atoms with Crippen LogP contribution in [0, 0.1) is 13.8 Å². The molecule has 0 fully saturated rings. The van der Waals surface area contributed by atoms with Crippen LogP contribution in [0.3, 0.4) is 0 Å². The fraction of sp³-hybridized carbons (Fsp3) is 0.379. The van der Waals surface area contributed by atoms with Crippen molar-refractivity contribution in [2.24, 2.45) is 0 Å². The second-order valence-electron chi connectivity index (χ2n) is 9.21. The van der Waals surface area contributed by atoms with Crippen LogP contribution in [0.25, 0.3) is 11.1 Å². The van der Waals surface area contributed by atoms with Gasteiger partial charge in [-0.25, -0.2) is 0 Å². The summed E-state index contributed by atoms with van der Waals surface area (Å²) in [5.41, 5.74) is 6.10. The van der Waals surface area contributed by atoms with Crippen molar-refractivity contribution in [2.75, 3.05) is 6.54 Å². The first-order valence-corrected chi connectivity index (χ1v) is 13.0. The lowest BCUT2D eigenvalue weighted by Crippen LogP contribution is -2.25. The van der Waals surface area contributed by atoms with Crippen LogP contribution in [0.15, 0.2) is 48.5 Å². The summed E-state index contributed by atoms with van der Waals surface area (Å²) in [6.07, 6.45) is 1.53. The fourth-order valence-electron chi connectivity index (χ4n) is 4.19. The molecule has 1 aromatic heterocycles. The molecule has 3 aromatic rings. The van der Waals surface area contributed by atoms with Crippen LogP contribution in [0.5, 0.6) is 5.75 Å². The van der Waals surface area contributed by atoms with Crippen LogP contribution in [0.2, 0.25) is 0 Å². The minimum atomic E-state index is -0.933. The lowest BCUT2D eigenvalue weighted by molar-refractivity contribution is -0.136. The average molecular weight is 494 g/mol. The molecule has 1 heterocycles. The van der Waals surface area contributed by atoms with Gasteiger partial charge in [0.05, 0.1) is 11.3 Å². The number of thiophene rings is 1. The highest BCUT2D eigenvalue weighted by Gasteiger charge is 2.19. The molecule has 35 heavy (non-hydrogen) atoms. The summed E-state index contributed by atoms with van der Waals surface area (Å²) < 4.78 is 6.45. The molecule has 0 radical (unpaired) electrons. The fourth-order valence-corrected chi connectivity index (χ4v) is 5.17. The van der Waals surface area contributed by atoms with E-state index in [0.29, 0.717) is 10.8 Å². The molecule has 186 valence electrons. The van der Waals surface area contributed by atoms with Gasteiger partial charge in [-0.1, -0.05) is 51.5 Å². The smallest absolute Gasteiger partial charge is 0.305 e. The molecule has 2 N–H and O–H groups in total. The van der Waals surface area contributed by atoms with Crippen LogP contribution in [0.1, 0.15) is 83.3 Å². The van der Waals surface area contributed by atoms with E-state index in [1.807, 2.05) is 6.07 Å². The topological polar surface area (TPSA) is 75.6 Å². The Bertz CT molecular complexity index is 1140. The molecule has 0 saturated carbocycles. The number of carboxylic acid groups (broad SMARTS) is 1. The number of rotatable bonds is 11. The Kier molecular flexibility index (Phi) is 9.10. The SMILES string of the molecule is CCCC(Oc1cc(C)c(-c2ccc(C(C)C)cc2)c(C)c1)c1ccc(C(=O)NCCC(=O)O)s1. The number of ether oxygens (including phenoxy) is 1. The molecule has 0 aliphatic heterocycles. The van der Waals surface area contributed by atoms with E-state index in [2.05, 4.69) is 76.3 Å². The number of carbonyl (C=O) groups is 2. The summed E-state index contributed by atoms with van der Waals surface area (Å²) >= 11 is 1.39. The van der Waals surface area contributed by atoms with Gasteiger partial charge in [-0.3, -0.25) is 9.59 Å². The van der Waals surface area contributed by atoms with Crippen molar-refractivity contribution in [1.82, 2.24) is 5.32 Å². The molecule has 0 aliphatic rings. The molecule has 6 heteroatoms. The summed E-state index contributed by atoms with van der Waals surface area (Å²) in [4.78, 5) is 24.6. The number of carboxylic acids is 1. The second-order valence-corrected chi connectivity index (χ2v) is 10.3. The molecule has 1 amide bonds. The average Bonchev–Trinajstić information content (AvgIpc) is 3.29. The Labute approximate surface area is 212 Å². The summed E-state index contributed by atoms with van der Waals surface area (Å²) in [5.74, 6) is 0.142. The maximum atomic E-state index is 12.4. The molecule has 0 aliphatic carbocycles. The molecule has 1 atom stereocenters. The molecule has 0 bridgehead atoms. The lowest BCUT2D eigenvalue weighted by Gasteiger charge is -2.20. The first-order chi connectivity index (χ1) is 16.7. The van der Waals surface area contributed by atoms with Gasteiger partial charge in [0.15, 0.2) is 0 Å². The van der Waals surface area contributed by atoms with Crippen molar-refractivity contribution >= 4 is 23.2 Å². The summed E-state index contributed by atoms with van der Waals surface area (Å²) in [7, 11) is 0. The molecule has 3 rings (SSSR count). The van der Waals surface area contributed by atoms with Crippen molar-refractivity contribution in [3.8, 4) is 16.9 Å². The van der Waals surface area contributed by atoms with Gasteiger partial charge in [-0.15, -0.1) is 11.3 Å². The third-order valence-corrected chi connectivity index (χ3v) is 7.17. The van der Waals surface area contributed by atoms with E-state index in [4.69, 9.17) is 9.84 Å². The van der Waals surface area contributed by atoms with E-state index in [1.54, 1.807) is 6.07 Å². The summed E-state index contributed by atoms with van der Waals surface area (Å²) in [6, 6.07) is 16.7. The number of hydrogen-bond donors (Lipinski definition) is 2. The van der Waals surface area contributed by atoms with Crippen LogP contribution >= 0.6 is 11.3 Å². The van der Waals surface area contributed by atoms with Crippen LogP contribution in [-0.4, -0.2) is 23.5 Å². The minimum absolute atomic E-state index is 0.0951. The highest BCUT2D eigenvalue weighted by molar-refractivity contribution is 7.14. The van der Waals surface area contributed by atoms with Gasteiger partial charge in [-0.05, 0) is 78.3 Å². The van der Waals surface area contributed by atoms with Gasteiger partial charge in [0.25, 0.3) is 5.91 Å². The van der Waals surface area contributed by atoms with E-state index in [0.717, 1.165) is 34.6 Å². The minimum Gasteiger partial charge on any atom is -0.485 e. The van der Waals surface area contributed by atoms with Crippen molar-refractivity contribution < 1.29 is 19.4 Å². The standard InChI is InChI=1S/C29H35NO4S/c1-6-7-24(25-12-13-26(35-25)29(33)30-15-14-27(31)32)34-23-16-19(4)28(20(5)17-23)22-10-8-21(9-11-22)18(2)3/h8-13,16-18,24H,6-7,14-15H2,1-5H3,(H,30,33)(H,31,32). The number of aliphatic carboxylic acids is 1. The molecule has 0 saturated heterocycles. The number of carbonyl (C=O) groups excluding carboxylic acids is 1. The van der Waals surface area contributed by atoms with E-state index >= 15 is 0 Å². The van der Waals surface area contributed by atoms with E-state index in [-0.39, 0.29) is 25.0 Å². The molecule has 1 unspecified atom stereocenters. The Morgan fingerprint density at radius 1 is 1.03 bits per heavy atom. The van der Waals surface area contributed by atoms with E-state index in [9.17, 15) is 9.59 Å². The second kappa shape index (κ2) is 12.0. The third-order valence-electron chi connectivity index (χ3n) is 5.99. The van der Waals surface area contributed by atoms with Gasteiger partial charge in [-0.2, -0.15) is 0 Å². The highest BCUT2D eigenvalue weighted by atomic mass is 32.1. The first kappa shape index (κ1) is 26.5. The summed E-state index contributed by atoms with van der Waals surface area (Å²) in [5, 5.41) is 11.4. The van der Waals surface area contributed by atoms with Crippen LogP contribution in [0.4, 0.5) is 0 Å². The predicted octanol–water partition coefficient (Wildman–Crippen LogP) is 7.28. The van der Waals surface area contributed by atoms with Crippen molar-refractivity contribution in [3.05, 3.63) is 75.0 Å². The van der Waals surface area contributed by atoms with Crippen LogP contribution < -0.4 is 10.1 Å².